The zero-order chi connectivity index (χ0) is 14.9. The standard InChI is InChI=1S/C19H31NO/c1-3-20-18(12-8-14-21-4-2)15-17-11-7-10-16-9-5-6-13-19(16)17/h5-6,9,13,17-18,20H,3-4,7-8,10-12,14-15H2,1-2H3. The van der Waals surface area contributed by atoms with Gasteiger partial charge < -0.3 is 10.1 Å². The van der Waals surface area contributed by atoms with Gasteiger partial charge in [0, 0.05) is 19.3 Å². The molecule has 0 radical (unpaired) electrons. The summed E-state index contributed by atoms with van der Waals surface area (Å²) in [5.41, 5.74) is 3.19. The van der Waals surface area contributed by atoms with Crippen molar-refractivity contribution in [2.75, 3.05) is 19.8 Å². The van der Waals surface area contributed by atoms with Crippen LogP contribution in [0.5, 0.6) is 0 Å². The summed E-state index contributed by atoms with van der Waals surface area (Å²) in [6.07, 6.45) is 7.64. The van der Waals surface area contributed by atoms with E-state index in [4.69, 9.17) is 4.74 Å². The molecular formula is C19H31NO. The molecule has 118 valence electrons. The molecule has 0 aromatic heterocycles. The van der Waals surface area contributed by atoms with Crippen molar-refractivity contribution in [2.45, 2.75) is 64.3 Å². The first-order valence-corrected chi connectivity index (χ1v) is 8.74. The van der Waals surface area contributed by atoms with Gasteiger partial charge in [-0.25, -0.2) is 0 Å². The minimum absolute atomic E-state index is 0.631. The Morgan fingerprint density at radius 1 is 1.29 bits per heavy atom. The molecule has 1 aromatic carbocycles. The maximum Gasteiger partial charge on any atom is 0.0466 e. The fourth-order valence-electron chi connectivity index (χ4n) is 3.61. The number of ether oxygens (including phenoxy) is 1. The van der Waals surface area contributed by atoms with Crippen LogP contribution >= 0.6 is 0 Å². The van der Waals surface area contributed by atoms with E-state index in [0.29, 0.717) is 6.04 Å². The van der Waals surface area contributed by atoms with E-state index in [1.807, 2.05) is 0 Å². The highest BCUT2D eigenvalue weighted by atomic mass is 16.5. The Balaban J connectivity index is 1.91. The van der Waals surface area contributed by atoms with E-state index >= 15 is 0 Å². The third-order valence-electron chi connectivity index (χ3n) is 4.60. The smallest absolute Gasteiger partial charge is 0.0466 e. The fourth-order valence-corrected chi connectivity index (χ4v) is 3.61. The van der Waals surface area contributed by atoms with Crippen molar-refractivity contribution in [3.8, 4) is 0 Å². The molecule has 1 aliphatic carbocycles. The van der Waals surface area contributed by atoms with Crippen LogP contribution in [0, 0.1) is 0 Å². The number of hydrogen-bond acceptors (Lipinski definition) is 2. The van der Waals surface area contributed by atoms with Crippen LogP contribution in [0.2, 0.25) is 0 Å². The van der Waals surface area contributed by atoms with Crippen LogP contribution in [0.1, 0.15) is 63.0 Å². The highest BCUT2D eigenvalue weighted by Gasteiger charge is 2.22. The molecule has 0 amide bonds. The summed E-state index contributed by atoms with van der Waals surface area (Å²) in [7, 11) is 0. The van der Waals surface area contributed by atoms with Crippen molar-refractivity contribution in [1.82, 2.24) is 5.32 Å². The molecule has 2 unspecified atom stereocenters. The van der Waals surface area contributed by atoms with Gasteiger partial charge in [0.1, 0.15) is 0 Å². The van der Waals surface area contributed by atoms with Gasteiger partial charge in [-0.05, 0) is 69.0 Å². The summed E-state index contributed by atoms with van der Waals surface area (Å²) >= 11 is 0. The average Bonchev–Trinajstić information content (AvgIpc) is 2.52. The average molecular weight is 289 g/mol. The summed E-state index contributed by atoms with van der Waals surface area (Å²) < 4.78 is 5.48. The van der Waals surface area contributed by atoms with E-state index < -0.39 is 0 Å². The Labute approximate surface area is 130 Å². The van der Waals surface area contributed by atoms with Gasteiger partial charge in [-0.3, -0.25) is 0 Å². The molecule has 1 aromatic rings. The Kier molecular flexibility index (Phi) is 7.25. The molecule has 0 spiro atoms. The minimum Gasteiger partial charge on any atom is -0.382 e. The number of benzene rings is 1. The Hall–Kier alpha value is -0.860. The lowest BCUT2D eigenvalue weighted by Gasteiger charge is -2.29. The van der Waals surface area contributed by atoms with Gasteiger partial charge in [0.15, 0.2) is 0 Å². The lowest BCUT2D eigenvalue weighted by molar-refractivity contribution is 0.140. The Morgan fingerprint density at radius 3 is 2.95 bits per heavy atom. The first-order valence-electron chi connectivity index (χ1n) is 8.74. The molecule has 0 saturated heterocycles. The molecule has 0 aliphatic heterocycles. The highest BCUT2D eigenvalue weighted by molar-refractivity contribution is 5.32. The first kappa shape index (κ1) is 16.5. The van der Waals surface area contributed by atoms with Crippen molar-refractivity contribution < 1.29 is 4.74 Å². The summed E-state index contributed by atoms with van der Waals surface area (Å²) in [6.45, 7) is 7.08. The third-order valence-corrected chi connectivity index (χ3v) is 4.60. The zero-order valence-electron chi connectivity index (χ0n) is 13.7. The van der Waals surface area contributed by atoms with E-state index in [9.17, 15) is 0 Å². The summed E-state index contributed by atoms with van der Waals surface area (Å²) in [5, 5.41) is 3.68. The monoisotopic (exact) mass is 289 g/mol. The predicted molar refractivity (Wildman–Crippen MR) is 89.9 cm³/mol. The second-order valence-electron chi connectivity index (χ2n) is 6.12. The van der Waals surface area contributed by atoms with Crippen molar-refractivity contribution in [2.24, 2.45) is 0 Å². The number of fused-ring (bicyclic) bond motifs is 1. The Morgan fingerprint density at radius 2 is 2.14 bits per heavy atom. The van der Waals surface area contributed by atoms with Gasteiger partial charge in [0.05, 0.1) is 0 Å². The van der Waals surface area contributed by atoms with E-state index in [1.54, 1.807) is 11.1 Å². The summed E-state index contributed by atoms with van der Waals surface area (Å²) in [4.78, 5) is 0. The van der Waals surface area contributed by atoms with Crippen LogP contribution in [0.3, 0.4) is 0 Å². The van der Waals surface area contributed by atoms with Crippen LogP contribution in [0.25, 0.3) is 0 Å². The second-order valence-corrected chi connectivity index (χ2v) is 6.12. The minimum atomic E-state index is 0.631. The predicted octanol–water partition coefficient (Wildman–Crippen LogP) is 4.29. The quantitative estimate of drug-likeness (QED) is 0.685. The van der Waals surface area contributed by atoms with Crippen molar-refractivity contribution >= 4 is 0 Å². The number of aryl methyl sites for hydroxylation is 1. The Bertz CT molecular complexity index is 404. The molecule has 0 heterocycles. The fraction of sp³-hybridized carbons (Fsp3) is 0.684. The molecule has 2 atom stereocenters. The van der Waals surface area contributed by atoms with Crippen molar-refractivity contribution in [1.29, 1.82) is 0 Å². The van der Waals surface area contributed by atoms with Gasteiger partial charge in [-0.1, -0.05) is 31.2 Å². The van der Waals surface area contributed by atoms with E-state index in [1.165, 1.54) is 38.5 Å². The van der Waals surface area contributed by atoms with Gasteiger partial charge in [-0.15, -0.1) is 0 Å². The number of rotatable bonds is 9. The molecule has 0 fully saturated rings. The molecule has 2 rings (SSSR count). The van der Waals surface area contributed by atoms with Crippen LogP contribution in [-0.4, -0.2) is 25.8 Å². The SMILES string of the molecule is CCNC(CCCOCC)CC1CCCc2ccccc21. The van der Waals surface area contributed by atoms with Crippen LogP contribution in [-0.2, 0) is 11.2 Å². The lowest BCUT2D eigenvalue weighted by Crippen LogP contribution is -2.31. The highest BCUT2D eigenvalue weighted by Crippen LogP contribution is 2.35. The van der Waals surface area contributed by atoms with Crippen LogP contribution < -0.4 is 5.32 Å². The molecule has 2 heteroatoms. The number of nitrogens with one attached hydrogen (secondary N) is 1. The van der Waals surface area contributed by atoms with Gasteiger partial charge in [0.2, 0.25) is 0 Å². The summed E-state index contributed by atoms with van der Waals surface area (Å²) in [6, 6.07) is 9.69. The first-order chi connectivity index (χ1) is 10.3. The molecule has 1 N–H and O–H groups in total. The van der Waals surface area contributed by atoms with Gasteiger partial charge in [0.25, 0.3) is 0 Å². The third kappa shape index (κ3) is 5.12. The molecule has 21 heavy (non-hydrogen) atoms. The van der Waals surface area contributed by atoms with Gasteiger partial charge >= 0.3 is 0 Å². The van der Waals surface area contributed by atoms with E-state index in [0.717, 1.165) is 25.7 Å². The topological polar surface area (TPSA) is 21.3 Å². The second kappa shape index (κ2) is 9.22. The maximum absolute atomic E-state index is 5.48. The van der Waals surface area contributed by atoms with E-state index in [2.05, 4.69) is 43.4 Å². The van der Waals surface area contributed by atoms with E-state index in [-0.39, 0.29) is 0 Å². The molecule has 1 aliphatic rings. The molecular weight excluding hydrogens is 258 g/mol. The van der Waals surface area contributed by atoms with Crippen LogP contribution in [0.4, 0.5) is 0 Å². The zero-order valence-corrected chi connectivity index (χ0v) is 13.7. The van der Waals surface area contributed by atoms with Crippen LogP contribution in [0.15, 0.2) is 24.3 Å². The molecule has 2 nitrogen and oxygen atoms in total. The lowest BCUT2D eigenvalue weighted by atomic mass is 9.79. The normalized spacial score (nSPS) is 19.2. The van der Waals surface area contributed by atoms with Gasteiger partial charge in [-0.2, -0.15) is 0 Å². The maximum atomic E-state index is 5.48. The molecule has 0 bridgehead atoms. The number of hydrogen-bond donors (Lipinski definition) is 1. The van der Waals surface area contributed by atoms with Crippen molar-refractivity contribution in [3.63, 3.8) is 0 Å². The largest absolute Gasteiger partial charge is 0.382 e. The molecule has 0 saturated carbocycles. The van der Waals surface area contributed by atoms with Crippen molar-refractivity contribution in [3.05, 3.63) is 35.4 Å². The summed E-state index contributed by atoms with van der Waals surface area (Å²) in [5.74, 6) is 0.742.